The average molecular weight is 223 g/mol. The van der Waals surface area contributed by atoms with Gasteiger partial charge in [-0.1, -0.05) is 0 Å². The zero-order valence-electron chi connectivity index (χ0n) is 10.0. The third-order valence-corrected chi connectivity index (χ3v) is 3.27. The Hall–Kier alpha value is -0.840. The molecule has 1 aliphatic rings. The lowest BCUT2D eigenvalue weighted by Gasteiger charge is -2.35. The van der Waals surface area contributed by atoms with Crippen LogP contribution in [-0.4, -0.2) is 37.6 Å². The van der Waals surface area contributed by atoms with Crippen molar-refractivity contribution in [3.8, 4) is 0 Å². The monoisotopic (exact) mass is 223 g/mol. The van der Waals surface area contributed by atoms with Gasteiger partial charge in [0.15, 0.2) is 0 Å². The van der Waals surface area contributed by atoms with Crippen LogP contribution in [0.3, 0.4) is 0 Å². The van der Waals surface area contributed by atoms with Crippen molar-refractivity contribution in [2.75, 3.05) is 20.6 Å². The molecule has 1 aromatic rings. The van der Waals surface area contributed by atoms with Gasteiger partial charge in [0, 0.05) is 18.6 Å². The van der Waals surface area contributed by atoms with Gasteiger partial charge in [-0.25, -0.2) is 0 Å². The van der Waals surface area contributed by atoms with Crippen LogP contribution in [0.25, 0.3) is 0 Å². The van der Waals surface area contributed by atoms with E-state index in [1.165, 1.54) is 0 Å². The number of nitrogens with one attached hydrogen (secondary N) is 1. The van der Waals surface area contributed by atoms with Gasteiger partial charge < -0.3 is 15.5 Å². The van der Waals surface area contributed by atoms with E-state index >= 15 is 0 Å². The summed E-state index contributed by atoms with van der Waals surface area (Å²) in [5, 5.41) is 3.54. The highest BCUT2D eigenvalue weighted by Gasteiger charge is 2.27. The zero-order valence-corrected chi connectivity index (χ0v) is 10.0. The molecule has 0 aromatic carbocycles. The van der Waals surface area contributed by atoms with Crippen molar-refractivity contribution in [2.45, 2.75) is 31.0 Å². The van der Waals surface area contributed by atoms with E-state index in [-0.39, 0.29) is 0 Å². The SMILES string of the molecule is CN(C)C(CNC1CC(N)C1)c1ccco1. The van der Waals surface area contributed by atoms with Gasteiger partial charge in [-0.05, 0) is 39.1 Å². The number of rotatable bonds is 5. The first-order valence-corrected chi connectivity index (χ1v) is 5.85. The molecule has 1 aromatic heterocycles. The van der Waals surface area contributed by atoms with Crippen LogP contribution in [-0.2, 0) is 0 Å². The highest BCUT2D eigenvalue weighted by atomic mass is 16.3. The van der Waals surface area contributed by atoms with Crippen LogP contribution in [0.5, 0.6) is 0 Å². The fraction of sp³-hybridized carbons (Fsp3) is 0.667. The van der Waals surface area contributed by atoms with E-state index < -0.39 is 0 Å². The van der Waals surface area contributed by atoms with E-state index in [4.69, 9.17) is 10.2 Å². The van der Waals surface area contributed by atoms with E-state index in [9.17, 15) is 0 Å². The van der Waals surface area contributed by atoms with Crippen molar-refractivity contribution in [1.29, 1.82) is 0 Å². The molecule has 0 amide bonds. The molecule has 1 atom stereocenters. The first-order valence-electron chi connectivity index (χ1n) is 5.85. The molecule has 1 fully saturated rings. The lowest BCUT2D eigenvalue weighted by atomic mass is 9.87. The predicted octanol–water partition coefficient (Wildman–Crippen LogP) is 0.962. The van der Waals surface area contributed by atoms with Gasteiger partial charge >= 0.3 is 0 Å². The van der Waals surface area contributed by atoms with Crippen LogP contribution < -0.4 is 11.1 Å². The molecule has 1 saturated carbocycles. The third kappa shape index (κ3) is 2.64. The van der Waals surface area contributed by atoms with Crippen molar-refractivity contribution in [2.24, 2.45) is 5.73 Å². The summed E-state index contributed by atoms with van der Waals surface area (Å²) in [5.41, 5.74) is 5.76. The van der Waals surface area contributed by atoms with Gasteiger partial charge in [-0.15, -0.1) is 0 Å². The number of nitrogens with zero attached hydrogens (tertiary/aromatic N) is 1. The Bertz CT molecular complexity index is 304. The molecule has 1 unspecified atom stereocenters. The molecule has 2 rings (SSSR count). The van der Waals surface area contributed by atoms with Crippen molar-refractivity contribution in [3.05, 3.63) is 24.2 Å². The third-order valence-electron chi connectivity index (χ3n) is 3.27. The predicted molar refractivity (Wildman–Crippen MR) is 64.1 cm³/mol. The average Bonchev–Trinajstić information content (AvgIpc) is 2.67. The first-order chi connectivity index (χ1) is 7.66. The molecule has 3 N–H and O–H groups in total. The number of likely N-dealkylation sites (N-methyl/N-ethyl adjacent to an activating group) is 1. The van der Waals surface area contributed by atoms with Gasteiger partial charge in [0.2, 0.25) is 0 Å². The van der Waals surface area contributed by atoms with E-state index in [0.717, 1.165) is 25.1 Å². The van der Waals surface area contributed by atoms with Crippen LogP contribution >= 0.6 is 0 Å². The second-order valence-corrected chi connectivity index (χ2v) is 4.83. The maximum absolute atomic E-state index is 5.76. The van der Waals surface area contributed by atoms with Crippen LogP contribution in [0.2, 0.25) is 0 Å². The van der Waals surface area contributed by atoms with Gasteiger partial charge in [0.05, 0.1) is 12.3 Å². The Labute approximate surface area is 96.8 Å². The number of nitrogens with two attached hydrogens (primary N) is 1. The van der Waals surface area contributed by atoms with Crippen molar-refractivity contribution < 1.29 is 4.42 Å². The molecule has 0 bridgehead atoms. The molecule has 90 valence electrons. The fourth-order valence-electron chi connectivity index (χ4n) is 2.13. The molecular formula is C12H21N3O. The standard InChI is InChI=1S/C12H21N3O/c1-15(2)11(12-4-3-5-16-12)8-14-10-6-9(13)7-10/h3-5,9-11,14H,6-8,13H2,1-2H3. The summed E-state index contributed by atoms with van der Waals surface area (Å²) >= 11 is 0. The fourth-order valence-corrected chi connectivity index (χ4v) is 2.13. The van der Waals surface area contributed by atoms with Crippen LogP contribution in [0.1, 0.15) is 24.6 Å². The van der Waals surface area contributed by atoms with Crippen molar-refractivity contribution in [3.63, 3.8) is 0 Å². The smallest absolute Gasteiger partial charge is 0.122 e. The zero-order chi connectivity index (χ0) is 11.5. The van der Waals surface area contributed by atoms with E-state index in [1.54, 1.807) is 6.26 Å². The lowest BCUT2D eigenvalue weighted by Crippen LogP contribution is -2.50. The van der Waals surface area contributed by atoms with Gasteiger partial charge in [0.25, 0.3) is 0 Å². The minimum absolute atomic E-state index is 0.298. The molecule has 4 nitrogen and oxygen atoms in total. The Balaban J connectivity index is 1.84. The summed E-state index contributed by atoms with van der Waals surface area (Å²) in [4.78, 5) is 2.17. The summed E-state index contributed by atoms with van der Waals surface area (Å²) < 4.78 is 5.46. The lowest BCUT2D eigenvalue weighted by molar-refractivity contribution is 0.217. The second kappa shape index (κ2) is 4.99. The molecule has 0 aliphatic heterocycles. The Morgan fingerprint density at radius 3 is 2.81 bits per heavy atom. The molecule has 1 aliphatic carbocycles. The largest absolute Gasteiger partial charge is 0.468 e. The highest BCUT2D eigenvalue weighted by Crippen LogP contribution is 2.21. The molecule has 4 heteroatoms. The Kier molecular flexibility index (Phi) is 3.63. The number of furan rings is 1. The Morgan fingerprint density at radius 1 is 1.56 bits per heavy atom. The van der Waals surface area contributed by atoms with Crippen molar-refractivity contribution in [1.82, 2.24) is 10.2 Å². The van der Waals surface area contributed by atoms with Crippen LogP contribution in [0.15, 0.2) is 22.8 Å². The minimum atomic E-state index is 0.298. The first kappa shape index (κ1) is 11.6. The highest BCUT2D eigenvalue weighted by molar-refractivity contribution is 5.05. The second-order valence-electron chi connectivity index (χ2n) is 4.83. The van der Waals surface area contributed by atoms with Crippen molar-refractivity contribution >= 4 is 0 Å². The molecule has 0 radical (unpaired) electrons. The topological polar surface area (TPSA) is 54.4 Å². The quantitative estimate of drug-likeness (QED) is 0.780. The molecule has 1 heterocycles. The summed E-state index contributed by atoms with van der Waals surface area (Å²) in [5.74, 6) is 1.01. The van der Waals surface area contributed by atoms with Gasteiger partial charge in [0.1, 0.15) is 5.76 Å². The van der Waals surface area contributed by atoms with E-state index in [2.05, 4.69) is 24.3 Å². The van der Waals surface area contributed by atoms with E-state index in [0.29, 0.717) is 18.1 Å². The summed E-state index contributed by atoms with van der Waals surface area (Å²) in [6.45, 7) is 0.915. The van der Waals surface area contributed by atoms with Crippen LogP contribution in [0.4, 0.5) is 0 Å². The summed E-state index contributed by atoms with van der Waals surface area (Å²) in [7, 11) is 4.14. The number of hydrogen-bond acceptors (Lipinski definition) is 4. The molecule has 0 saturated heterocycles. The summed E-state index contributed by atoms with van der Waals surface area (Å²) in [6.07, 6.45) is 3.92. The molecule has 0 spiro atoms. The Morgan fingerprint density at radius 2 is 2.31 bits per heavy atom. The number of hydrogen-bond donors (Lipinski definition) is 2. The molecular weight excluding hydrogens is 202 g/mol. The van der Waals surface area contributed by atoms with Gasteiger partial charge in [-0.3, -0.25) is 4.90 Å². The van der Waals surface area contributed by atoms with E-state index in [1.807, 2.05) is 12.1 Å². The maximum atomic E-state index is 5.76. The minimum Gasteiger partial charge on any atom is -0.468 e. The summed E-state index contributed by atoms with van der Waals surface area (Å²) in [6, 6.07) is 5.25. The normalized spacial score (nSPS) is 26.8. The maximum Gasteiger partial charge on any atom is 0.122 e. The van der Waals surface area contributed by atoms with Crippen LogP contribution in [0, 0.1) is 0 Å². The molecule has 16 heavy (non-hydrogen) atoms. The van der Waals surface area contributed by atoms with Gasteiger partial charge in [-0.2, -0.15) is 0 Å².